The summed E-state index contributed by atoms with van der Waals surface area (Å²) < 4.78 is 0. The van der Waals surface area contributed by atoms with Crippen LogP contribution in [0.5, 0.6) is 0 Å². The average Bonchev–Trinajstić information content (AvgIpc) is 2.18. The fourth-order valence-electron chi connectivity index (χ4n) is 1.69. The summed E-state index contributed by atoms with van der Waals surface area (Å²) >= 11 is 0. The molecule has 2 heteroatoms. The molecule has 1 aromatic rings. The van der Waals surface area contributed by atoms with Crippen molar-refractivity contribution in [1.82, 2.24) is 0 Å². The van der Waals surface area contributed by atoms with Crippen LogP contribution in [-0.2, 0) is 0 Å². The zero-order valence-corrected chi connectivity index (χ0v) is 10.8. The van der Waals surface area contributed by atoms with Crippen LogP contribution in [0.15, 0.2) is 36.9 Å². The first kappa shape index (κ1) is 12.2. The molecular weight excluding hydrogens is 200 g/mol. The molecule has 0 saturated heterocycles. The van der Waals surface area contributed by atoms with Crippen LogP contribution in [0.3, 0.4) is 0 Å². The highest BCUT2D eigenvalue weighted by Gasteiger charge is 2.21. The minimum absolute atomic E-state index is 0.372. The third kappa shape index (κ3) is 3.04. The van der Waals surface area contributed by atoms with E-state index in [1.807, 2.05) is 18.2 Å². The largest absolute Gasteiger partial charge is 0.389 e. The van der Waals surface area contributed by atoms with Gasteiger partial charge >= 0.3 is 0 Å². The third-order valence-electron chi connectivity index (χ3n) is 2.83. The SMILES string of the molecule is C=CC[Si](C)(C)c1ccc(C(C)O)cc1. The van der Waals surface area contributed by atoms with Gasteiger partial charge in [-0.2, -0.15) is 0 Å². The molecule has 0 aliphatic rings. The van der Waals surface area contributed by atoms with E-state index in [1.54, 1.807) is 6.92 Å². The molecule has 0 aliphatic carbocycles. The van der Waals surface area contributed by atoms with E-state index in [0.717, 1.165) is 11.6 Å². The van der Waals surface area contributed by atoms with Gasteiger partial charge in [-0.05, 0) is 18.5 Å². The Kier molecular flexibility index (Phi) is 3.88. The molecule has 1 unspecified atom stereocenters. The smallest absolute Gasteiger partial charge is 0.0843 e. The number of rotatable bonds is 4. The number of benzene rings is 1. The van der Waals surface area contributed by atoms with Crippen LogP contribution in [0.1, 0.15) is 18.6 Å². The van der Waals surface area contributed by atoms with E-state index in [4.69, 9.17) is 0 Å². The summed E-state index contributed by atoms with van der Waals surface area (Å²) in [5.41, 5.74) is 0.988. The van der Waals surface area contributed by atoms with Crippen molar-refractivity contribution in [3.63, 3.8) is 0 Å². The number of aliphatic hydroxyl groups is 1. The molecule has 1 atom stereocenters. The van der Waals surface area contributed by atoms with Crippen LogP contribution in [0.25, 0.3) is 0 Å². The average molecular weight is 220 g/mol. The highest BCUT2D eigenvalue weighted by atomic mass is 28.3. The van der Waals surface area contributed by atoms with Crippen molar-refractivity contribution in [3.05, 3.63) is 42.5 Å². The Morgan fingerprint density at radius 2 is 1.87 bits per heavy atom. The molecule has 0 bridgehead atoms. The first-order chi connectivity index (χ1) is 6.97. The molecule has 0 heterocycles. The van der Waals surface area contributed by atoms with Gasteiger partial charge < -0.3 is 5.11 Å². The summed E-state index contributed by atoms with van der Waals surface area (Å²) in [4.78, 5) is 0. The summed E-state index contributed by atoms with van der Waals surface area (Å²) in [6.07, 6.45) is 1.64. The number of aliphatic hydroxyl groups excluding tert-OH is 1. The van der Waals surface area contributed by atoms with E-state index in [1.165, 1.54) is 5.19 Å². The second-order valence-corrected chi connectivity index (χ2v) is 9.43. The van der Waals surface area contributed by atoms with Gasteiger partial charge in [0.2, 0.25) is 0 Å². The molecule has 0 amide bonds. The monoisotopic (exact) mass is 220 g/mol. The molecular formula is C13H20OSi. The van der Waals surface area contributed by atoms with E-state index in [2.05, 4.69) is 31.8 Å². The molecule has 1 N–H and O–H groups in total. The molecule has 0 aromatic heterocycles. The van der Waals surface area contributed by atoms with E-state index in [0.29, 0.717) is 0 Å². The van der Waals surface area contributed by atoms with Gasteiger partial charge in [0.1, 0.15) is 0 Å². The molecule has 1 aromatic carbocycles. The first-order valence-corrected chi connectivity index (χ1v) is 8.57. The standard InChI is InChI=1S/C13H20OSi/c1-5-10-15(3,4)13-8-6-12(7-9-13)11(2)14/h5-9,11,14H,1,10H2,2-4H3. The number of allylic oxidation sites excluding steroid dienone is 1. The Balaban J connectivity index is 2.92. The van der Waals surface area contributed by atoms with Gasteiger partial charge in [0.15, 0.2) is 0 Å². The fraction of sp³-hybridized carbons (Fsp3) is 0.385. The molecule has 82 valence electrons. The van der Waals surface area contributed by atoms with Crippen molar-refractivity contribution in [1.29, 1.82) is 0 Å². The van der Waals surface area contributed by atoms with Gasteiger partial charge in [0.25, 0.3) is 0 Å². The summed E-state index contributed by atoms with van der Waals surface area (Å²) in [7, 11) is -1.34. The van der Waals surface area contributed by atoms with Crippen molar-refractivity contribution in [2.75, 3.05) is 0 Å². The third-order valence-corrected chi connectivity index (χ3v) is 6.03. The molecule has 0 aliphatic heterocycles. The van der Waals surface area contributed by atoms with E-state index in [9.17, 15) is 5.11 Å². The van der Waals surface area contributed by atoms with Gasteiger partial charge in [-0.25, -0.2) is 0 Å². The van der Waals surface area contributed by atoms with Crippen molar-refractivity contribution in [2.45, 2.75) is 32.2 Å². The van der Waals surface area contributed by atoms with Gasteiger partial charge in [0.05, 0.1) is 14.2 Å². The molecule has 15 heavy (non-hydrogen) atoms. The van der Waals surface area contributed by atoms with Crippen LogP contribution in [0.2, 0.25) is 19.1 Å². The van der Waals surface area contributed by atoms with Gasteiger partial charge in [-0.15, -0.1) is 6.58 Å². The second kappa shape index (κ2) is 4.77. The van der Waals surface area contributed by atoms with Crippen molar-refractivity contribution in [3.8, 4) is 0 Å². The van der Waals surface area contributed by atoms with Crippen molar-refractivity contribution >= 4 is 13.3 Å². The lowest BCUT2D eigenvalue weighted by molar-refractivity contribution is 0.199. The molecule has 0 saturated carbocycles. The minimum atomic E-state index is -1.34. The fourth-order valence-corrected chi connectivity index (χ4v) is 3.72. The molecule has 1 rings (SSSR count). The molecule has 0 spiro atoms. The van der Waals surface area contributed by atoms with Crippen LogP contribution in [-0.4, -0.2) is 13.2 Å². The zero-order valence-electron chi connectivity index (χ0n) is 9.83. The summed E-state index contributed by atoms with van der Waals surface area (Å²) in [5, 5.41) is 10.8. The van der Waals surface area contributed by atoms with Crippen molar-refractivity contribution in [2.24, 2.45) is 0 Å². The highest BCUT2D eigenvalue weighted by Crippen LogP contribution is 2.14. The van der Waals surface area contributed by atoms with E-state index in [-0.39, 0.29) is 6.10 Å². The van der Waals surface area contributed by atoms with E-state index < -0.39 is 8.07 Å². The maximum absolute atomic E-state index is 9.42. The van der Waals surface area contributed by atoms with E-state index >= 15 is 0 Å². The maximum atomic E-state index is 9.42. The Bertz CT molecular complexity index is 325. The van der Waals surface area contributed by atoms with Crippen LogP contribution in [0, 0.1) is 0 Å². The Labute approximate surface area is 93.5 Å². The Morgan fingerprint density at radius 3 is 2.27 bits per heavy atom. The molecule has 0 fully saturated rings. The lowest BCUT2D eigenvalue weighted by Crippen LogP contribution is -2.40. The number of hydrogen-bond acceptors (Lipinski definition) is 1. The van der Waals surface area contributed by atoms with Gasteiger partial charge in [-0.3, -0.25) is 0 Å². The summed E-state index contributed by atoms with van der Waals surface area (Å²) in [6, 6.07) is 9.45. The van der Waals surface area contributed by atoms with Crippen LogP contribution < -0.4 is 5.19 Å². The zero-order chi connectivity index (χ0) is 11.5. The van der Waals surface area contributed by atoms with Gasteiger partial charge in [-0.1, -0.05) is 48.6 Å². The van der Waals surface area contributed by atoms with Crippen LogP contribution in [0.4, 0.5) is 0 Å². The summed E-state index contributed by atoms with van der Waals surface area (Å²) in [5.74, 6) is 0. The van der Waals surface area contributed by atoms with Crippen molar-refractivity contribution < 1.29 is 5.11 Å². The maximum Gasteiger partial charge on any atom is 0.0843 e. The summed E-state index contributed by atoms with van der Waals surface area (Å²) in [6.45, 7) is 10.3. The van der Waals surface area contributed by atoms with Crippen LogP contribution >= 0.6 is 0 Å². The lowest BCUT2D eigenvalue weighted by Gasteiger charge is -2.21. The Morgan fingerprint density at radius 1 is 1.33 bits per heavy atom. The normalized spacial score (nSPS) is 13.6. The lowest BCUT2D eigenvalue weighted by atomic mass is 10.1. The van der Waals surface area contributed by atoms with Gasteiger partial charge in [0, 0.05) is 0 Å². The predicted molar refractivity (Wildman–Crippen MR) is 69.2 cm³/mol. The topological polar surface area (TPSA) is 20.2 Å². The predicted octanol–water partition coefficient (Wildman–Crippen LogP) is 2.84. The minimum Gasteiger partial charge on any atom is -0.389 e. The number of hydrogen-bond donors (Lipinski definition) is 1. The molecule has 0 radical (unpaired) electrons. The second-order valence-electron chi connectivity index (χ2n) is 4.67. The first-order valence-electron chi connectivity index (χ1n) is 5.37. The highest BCUT2D eigenvalue weighted by molar-refractivity contribution is 6.90. The Hall–Kier alpha value is -0.863. The molecule has 1 nitrogen and oxygen atoms in total. The quantitative estimate of drug-likeness (QED) is 0.611.